The first-order valence-electron chi connectivity index (χ1n) is 7.96. The zero-order valence-electron chi connectivity index (χ0n) is 13.1. The predicted octanol–water partition coefficient (Wildman–Crippen LogP) is 3.05. The summed E-state index contributed by atoms with van der Waals surface area (Å²) < 4.78 is 13.1. The lowest BCUT2D eigenvalue weighted by atomic mass is 9.92. The van der Waals surface area contributed by atoms with Crippen LogP contribution in [0.2, 0.25) is 0 Å². The van der Waals surface area contributed by atoms with Crippen molar-refractivity contribution in [3.05, 3.63) is 48.0 Å². The number of aromatic nitrogens is 1. The molecule has 2 aromatic rings. The molecule has 0 saturated carbocycles. The summed E-state index contributed by atoms with van der Waals surface area (Å²) in [5, 5.41) is 9.79. The Labute approximate surface area is 134 Å². The molecule has 5 heteroatoms. The summed E-state index contributed by atoms with van der Waals surface area (Å²) in [5.41, 5.74) is 2.16. The predicted molar refractivity (Wildman–Crippen MR) is 86.5 cm³/mol. The molecule has 1 aliphatic heterocycles. The van der Waals surface area contributed by atoms with E-state index in [-0.39, 0.29) is 17.6 Å². The van der Waals surface area contributed by atoms with Gasteiger partial charge in [-0.3, -0.25) is 4.79 Å². The molecule has 0 spiro atoms. The fourth-order valence-electron chi connectivity index (χ4n) is 3.17. The second-order valence-corrected chi connectivity index (χ2v) is 6.18. The lowest BCUT2D eigenvalue weighted by molar-refractivity contribution is 0.0467. The maximum absolute atomic E-state index is 13.1. The lowest BCUT2D eigenvalue weighted by Crippen LogP contribution is -2.43. The van der Waals surface area contributed by atoms with Crippen LogP contribution in [0.3, 0.4) is 0 Å². The van der Waals surface area contributed by atoms with Gasteiger partial charge in [-0.25, -0.2) is 4.39 Å². The number of piperidine rings is 1. The Kier molecular flexibility index (Phi) is 4.48. The third-order valence-electron chi connectivity index (χ3n) is 4.56. The Morgan fingerprint density at radius 2 is 2.09 bits per heavy atom. The number of carbonyl (C=O) groups excluding carboxylic acids is 1. The van der Waals surface area contributed by atoms with Gasteiger partial charge >= 0.3 is 0 Å². The van der Waals surface area contributed by atoms with Crippen molar-refractivity contribution in [2.24, 2.45) is 5.92 Å². The molecule has 1 aliphatic rings. The van der Waals surface area contributed by atoms with Gasteiger partial charge in [0.2, 0.25) is 0 Å². The quantitative estimate of drug-likeness (QED) is 0.914. The van der Waals surface area contributed by atoms with Gasteiger partial charge in [0, 0.05) is 37.0 Å². The van der Waals surface area contributed by atoms with E-state index < -0.39 is 6.10 Å². The first-order valence-corrected chi connectivity index (χ1v) is 7.96. The SMILES string of the molecule is CC(O)C1CCCN(C(=O)c2c[nH]cc2-c2ccc(F)cc2)C1. The zero-order valence-corrected chi connectivity index (χ0v) is 13.1. The van der Waals surface area contributed by atoms with Gasteiger partial charge in [0.1, 0.15) is 5.82 Å². The average molecular weight is 316 g/mol. The van der Waals surface area contributed by atoms with Crippen LogP contribution >= 0.6 is 0 Å². The summed E-state index contributed by atoms with van der Waals surface area (Å²) >= 11 is 0. The molecule has 1 aromatic carbocycles. The monoisotopic (exact) mass is 316 g/mol. The number of aliphatic hydroxyl groups excluding tert-OH is 1. The number of amides is 1. The number of benzene rings is 1. The number of H-pyrrole nitrogens is 1. The Morgan fingerprint density at radius 1 is 1.35 bits per heavy atom. The van der Waals surface area contributed by atoms with Crippen LogP contribution in [0.1, 0.15) is 30.1 Å². The molecule has 0 radical (unpaired) electrons. The van der Waals surface area contributed by atoms with Crippen LogP contribution in [0.5, 0.6) is 0 Å². The molecule has 4 nitrogen and oxygen atoms in total. The van der Waals surface area contributed by atoms with Crippen molar-refractivity contribution in [1.82, 2.24) is 9.88 Å². The van der Waals surface area contributed by atoms with Gasteiger partial charge in [-0.2, -0.15) is 0 Å². The minimum atomic E-state index is -0.409. The molecule has 2 heterocycles. The van der Waals surface area contributed by atoms with Crippen LogP contribution in [0.4, 0.5) is 4.39 Å². The second-order valence-electron chi connectivity index (χ2n) is 6.18. The molecular formula is C18H21FN2O2. The fourth-order valence-corrected chi connectivity index (χ4v) is 3.17. The van der Waals surface area contributed by atoms with Crippen molar-refractivity contribution in [1.29, 1.82) is 0 Å². The van der Waals surface area contributed by atoms with Gasteiger partial charge in [0.15, 0.2) is 0 Å². The molecule has 2 N–H and O–H groups in total. The van der Waals surface area contributed by atoms with Crippen molar-refractivity contribution in [3.8, 4) is 11.1 Å². The summed E-state index contributed by atoms with van der Waals surface area (Å²) in [6.07, 6.45) is 4.88. The fraction of sp³-hybridized carbons (Fsp3) is 0.389. The van der Waals surface area contributed by atoms with Gasteiger partial charge in [-0.1, -0.05) is 12.1 Å². The molecule has 1 fully saturated rings. The average Bonchev–Trinajstić information content (AvgIpc) is 3.04. The van der Waals surface area contributed by atoms with Gasteiger partial charge < -0.3 is 15.0 Å². The van der Waals surface area contributed by atoms with Gasteiger partial charge in [-0.15, -0.1) is 0 Å². The molecule has 3 rings (SSSR count). The molecule has 2 unspecified atom stereocenters. The van der Waals surface area contributed by atoms with Gasteiger partial charge in [-0.05, 0) is 37.5 Å². The van der Waals surface area contributed by atoms with E-state index in [9.17, 15) is 14.3 Å². The minimum absolute atomic E-state index is 0.0454. The third-order valence-corrected chi connectivity index (χ3v) is 4.56. The summed E-state index contributed by atoms with van der Waals surface area (Å²) in [6.45, 7) is 3.06. The maximum atomic E-state index is 13.1. The Hall–Kier alpha value is -2.14. The van der Waals surface area contributed by atoms with Gasteiger partial charge in [0.05, 0.1) is 11.7 Å². The first-order chi connectivity index (χ1) is 11.1. The number of nitrogens with zero attached hydrogens (tertiary/aromatic N) is 1. The number of hydrogen-bond acceptors (Lipinski definition) is 2. The summed E-state index contributed by atoms with van der Waals surface area (Å²) in [7, 11) is 0. The van der Waals surface area contributed by atoms with Crippen LogP contribution in [0.15, 0.2) is 36.7 Å². The molecule has 23 heavy (non-hydrogen) atoms. The number of aromatic amines is 1. The third kappa shape index (κ3) is 3.29. The molecule has 1 saturated heterocycles. The summed E-state index contributed by atoms with van der Waals surface area (Å²) in [6, 6.07) is 6.12. The highest BCUT2D eigenvalue weighted by atomic mass is 19.1. The lowest BCUT2D eigenvalue weighted by Gasteiger charge is -2.34. The minimum Gasteiger partial charge on any atom is -0.393 e. The van der Waals surface area contributed by atoms with Crippen LogP contribution in [0.25, 0.3) is 11.1 Å². The zero-order chi connectivity index (χ0) is 16.4. The first kappa shape index (κ1) is 15.7. The molecule has 1 amide bonds. The van der Waals surface area contributed by atoms with Crippen LogP contribution < -0.4 is 0 Å². The van der Waals surface area contributed by atoms with E-state index >= 15 is 0 Å². The van der Waals surface area contributed by atoms with E-state index in [4.69, 9.17) is 0 Å². The molecule has 0 aliphatic carbocycles. The van der Waals surface area contributed by atoms with E-state index in [2.05, 4.69) is 4.98 Å². The van der Waals surface area contributed by atoms with E-state index in [0.717, 1.165) is 24.0 Å². The van der Waals surface area contributed by atoms with Crippen LogP contribution in [-0.4, -0.2) is 40.1 Å². The number of aliphatic hydroxyl groups is 1. The van der Waals surface area contributed by atoms with E-state index in [1.165, 1.54) is 12.1 Å². The molecular weight excluding hydrogens is 295 g/mol. The van der Waals surface area contributed by atoms with Crippen molar-refractivity contribution in [2.75, 3.05) is 13.1 Å². The number of nitrogens with one attached hydrogen (secondary N) is 1. The smallest absolute Gasteiger partial charge is 0.256 e. The summed E-state index contributed by atoms with van der Waals surface area (Å²) in [4.78, 5) is 17.6. The number of hydrogen-bond donors (Lipinski definition) is 2. The number of likely N-dealkylation sites (tertiary alicyclic amines) is 1. The second kappa shape index (κ2) is 6.54. The number of rotatable bonds is 3. The van der Waals surface area contributed by atoms with E-state index in [1.54, 1.807) is 36.4 Å². The highest BCUT2D eigenvalue weighted by Gasteiger charge is 2.28. The van der Waals surface area contributed by atoms with E-state index in [0.29, 0.717) is 18.7 Å². The normalized spacial score (nSPS) is 19.6. The topological polar surface area (TPSA) is 56.3 Å². The van der Waals surface area contributed by atoms with Crippen molar-refractivity contribution in [2.45, 2.75) is 25.9 Å². The summed E-state index contributed by atoms with van der Waals surface area (Å²) in [5.74, 6) is -0.218. The Morgan fingerprint density at radius 3 is 2.78 bits per heavy atom. The van der Waals surface area contributed by atoms with E-state index in [1.807, 2.05) is 0 Å². The van der Waals surface area contributed by atoms with Crippen LogP contribution in [0, 0.1) is 11.7 Å². The van der Waals surface area contributed by atoms with Gasteiger partial charge in [0.25, 0.3) is 5.91 Å². The van der Waals surface area contributed by atoms with Crippen molar-refractivity contribution >= 4 is 5.91 Å². The van der Waals surface area contributed by atoms with Crippen molar-refractivity contribution < 1.29 is 14.3 Å². The highest BCUT2D eigenvalue weighted by molar-refractivity contribution is 6.00. The molecule has 122 valence electrons. The molecule has 2 atom stereocenters. The Balaban J connectivity index is 1.83. The maximum Gasteiger partial charge on any atom is 0.256 e. The number of carbonyl (C=O) groups is 1. The molecule has 1 aromatic heterocycles. The number of halogens is 1. The Bertz CT molecular complexity index is 679. The van der Waals surface area contributed by atoms with Crippen LogP contribution in [-0.2, 0) is 0 Å². The highest BCUT2D eigenvalue weighted by Crippen LogP contribution is 2.27. The van der Waals surface area contributed by atoms with Crippen molar-refractivity contribution in [3.63, 3.8) is 0 Å². The molecule has 0 bridgehead atoms. The largest absolute Gasteiger partial charge is 0.393 e. The standard InChI is InChI=1S/C18H21FN2O2/c1-12(22)14-3-2-8-21(11-14)18(23)17-10-20-9-16(17)13-4-6-15(19)7-5-13/h4-7,9-10,12,14,20,22H,2-3,8,11H2,1H3.